The molecule has 0 N–H and O–H groups in total. The van der Waals surface area contributed by atoms with Crippen molar-refractivity contribution in [3.05, 3.63) is 29.9 Å². The van der Waals surface area contributed by atoms with E-state index < -0.39 is 0 Å². The van der Waals surface area contributed by atoms with E-state index >= 15 is 0 Å². The molecule has 0 saturated heterocycles. The normalized spacial score (nSPS) is 11.8. The first-order valence-corrected chi connectivity index (χ1v) is 7.48. The van der Waals surface area contributed by atoms with Crippen molar-refractivity contribution in [1.29, 1.82) is 5.26 Å². The monoisotopic (exact) mass is 301 g/mol. The fourth-order valence-electron chi connectivity index (χ4n) is 2.39. The summed E-state index contributed by atoms with van der Waals surface area (Å²) in [5.74, 6) is 1.93. The van der Waals surface area contributed by atoms with Gasteiger partial charge in [-0.15, -0.1) is 0 Å². The molecule has 0 atom stereocenters. The zero-order valence-corrected chi connectivity index (χ0v) is 13.7. The zero-order valence-electron chi connectivity index (χ0n) is 13.7. The lowest BCUT2D eigenvalue weighted by atomic mass is 9.96. The Kier molecular flexibility index (Phi) is 5.04. The molecule has 5 heteroatoms. The van der Waals surface area contributed by atoms with Crippen molar-refractivity contribution in [2.45, 2.75) is 40.7 Å². The molecule has 0 saturated carbocycles. The summed E-state index contributed by atoms with van der Waals surface area (Å²) in [6.45, 7) is 10.8. The highest BCUT2D eigenvalue weighted by molar-refractivity contribution is 5.44. The Hall–Kier alpha value is -2.06. The largest absolute Gasteiger partial charge is 0.459 e. The lowest BCUT2D eigenvalue weighted by molar-refractivity contribution is 0.185. The van der Waals surface area contributed by atoms with Crippen molar-refractivity contribution in [2.75, 3.05) is 13.1 Å². The van der Waals surface area contributed by atoms with Crippen LogP contribution in [0, 0.1) is 23.7 Å². The molecular formula is C17H23N3O2. The van der Waals surface area contributed by atoms with Crippen LogP contribution in [0.1, 0.15) is 38.6 Å². The van der Waals surface area contributed by atoms with Gasteiger partial charge in [-0.2, -0.15) is 5.26 Å². The van der Waals surface area contributed by atoms with Crippen molar-refractivity contribution in [3.63, 3.8) is 0 Å². The summed E-state index contributed by atoms with van der Waals surface area (Å²) >= 11 is 0. The number of nitrogens with zero attached hydrogens (tertiary/aromatic N) is 3. The third-order valence-electron chi connectivity index (χ3n) is 3.24. The molecule has 2 heterocycles. The maximum Gasteiger partial charge on any atom is 0.263 e. The molecule has 0 aliphatic carbocycles. The molecule has 0 radical (unpaired) electrons. The minimum absolute atomic E-state index is 0.164. The minimum Gasteiger partial charge on any atom is -0.459 e. The Balaban J connectivity index is 2.14. The Morgan fingerprint density at radius 2 is 2.14 bits per heavy atom. The fraction of sp³-hybridized carbons (Fsp3) is 0.529. The maximum atomic E-state index is 8.84. The lowest BCUT2D eigenvalue weighted by Gasteiger charge is -2.28. The molecule has 0 amide bonds. The number of aromatic nitrogens is 1. The van der Waals surface area contributed by atoms with Crippen molar-refractivity contribution in [1.82, 2.24) is 9.88 Å². The zero-order chi connectivity index (χ0) is 16.2. The van der Waals surface area contributed by atoms with Crippen molar-refractivity contribution >= 4 is 0 Å². The van der Waals surface area contributed by atoms with Gasteiger partial charge in [-0.05, 0) is 24.5 Å². The highest BCUT2D eigenvalue weighted by Gasteiger charge is 2.20. The summed E-state index contributed by atoms with van der Waals surface area (Å²) in [6.07, 6.45) is 2.12. The molecule has 0 fully saturated rings. The first-order valence-electron chi connectivity index (χ1n) is 7.48. The second kappa shape index (κ2) is 6.80. The molecule has 22 heavy (non-hydrogen) atoms. The summed E-state index contributed by atoms with van der Waals surface area (Å²) in [6, 6.07) is 5.86. The van der Waals surface area contributed by atoms with Gasteiger partial charge in [0.25, 0.3) is 5.89 Å². The maximum absolute atomic E-state index is 8.84. The fourth-order valence-corrected chi connectivity index (χ4v) is 2.39. The second-order valence-electron chi connectivity index (χ2n) is 6.68. The number of oxazole rings is 1. The second-order valence-corrected chi connectivity index (χ2v) is 6.68. The Labute approximate surface area is 131 Å². The quantitative estimate of drug-likeness (QED) is 0.806. The molecule has 0 aliphatic heterocycles. The SMILES string of the molecule is Cc1oc(-c2ccco2)nc1CN(CCC#N)CC(C)(C)C. The van der Waals surface area contributed by atoms with Gasteiger partial charge in [0.2, 0.25) is 0 Å². The molecule has 0 unspecified atom stereocenters. The summed E-state index contributed by atoms with van der Waals surface area (Å²) in [7, 11) is 0. The molecule has 2 aromatic heterocycles. The van der Waals surface area contributed by atoms with E-state index in [1.54, 1.807) is 6.26 Å². The highest BCUT2D eigenvalue weighted by Crippen LogP contribution is 2.24. The van der Waals surface area contributed by atoms with Gasteiger partial charge in [-0.1, -0.05) is 20.8 Å². The first-order chi connectivity index (χ1) is 10.4. The van der Waals surface area contributed by atoms with Gasteiger partial charge >= 0.3 is 0 Å². The molecule has 0 spiro atoms. The highest BCUT2D eigenvalue weighted by atomic mass is 16.4. The number of rotatable bonds is 6. The topological polar surface area (TPSA) is 66.2 Å². The minimum atomic E-state index is 0.164. The van der Waals surface area contributed by atoms with E-state index in [-0.39, 0.29) is 5.41 Å². The molecule has 2 aromatic rings. The van der Waals surface area contributed by atoms with Crippen LogP contribution >= 0.6 is 0 Å². The average molecular weight is 301 g/mol. The lowest BCUT2D eigenvalue weighted by Crippen LogP contribution is -2.33. The smallest absolute Gasteiger partial charge is 0.263 e. The van der Waals surface area contributed by atoms with Gasteiger partial charge in [0.1, 0.15) is 5.76 Å². The summed E-state index contributed by atoms with van der Waals surface area (Å²) < 4.78 is 11.0. The van der Waals surface area contributed by atoms with E-state index in [0.29, 0.717) is 24.6 Å². The summed E-state index contributed by atoms with van der Waals surface area (Å²) in [4.78, 5) is 6.80. The molecule has 2 rings (SSSR count). The van der Waals surface area contributed by atoms with Gasteiger partial charge in [0.05, 0.1) is 18.0 Å². The van der Waals surface area contributed by atoms with Crippen LogP contribution in [0.5, 0.6) is 0 Å². The van der Waals surface area contributed by atoms with Gasteiger partial charge in [0, 0.05) is 26.1 Å². The molecular weight excluding hydrogens is 278 g/mol. The van der Waals surface area contributed by atoms with Gasteiger partial charge in [-0.25, -0.2) is 4.98 Å². The van der Waals surface area contributed by atoms with Gasteiger partial charge < -0.3 is 8.83 Å². The number of hydrogen-bond acceptors (Lipinski definition) is 5. The molecule has 0 aromatic carbocycles. The van der Waals surface area contributed by atoms with E-state index in [2.05, 4.69) is 36.7 Å². The molecule has 5 nitrogen and oxygen atoms in total. The standard InChI is InChI=1S/C17H23N3O2/c1-13-14(19-16(22-13)15-7-5-10-21-15)11-20(9-6-8-18)12-17(2,3)4/h5,7,10H,6,9,11-12H2,1-4H3. The van der Waals surface area contributed by atoms with Crippen LogP contribution in [0.3, 0.4) is 0 Å². The van der Waals surface area contributed by atoms with Crippen LogP contribution in [0.25, 0.3) is 11.7 Å². The Morgan fingerprint density at radius 1 is 1.36 bits per heavy atom. The molecule has 0 bridgehead atoms. The Morgan fingerprint density at radius 3 is 2.73 bits per heavy atom. The summed E-state index contributed by atoms with van der Waals surface area (Å²) in [5.41, 5.74) is 1.06. The van der Waals surface area contributed by atoms with Crippen LogP contribution in [0.4, 0.5) is 0 Å². The number of aryl methyl sites for hydroxylation is 1. The van der Waals surface area contributed by atoms with Crippen LogP contribution in [0.15, 0.2) is 27.2 Å². The van der Waals surface area contributed by atoms with Crippen LogP contribution in [-0.4, -0.2) is 23.0 Å². The van der Waals surface area contributed by atoms with Gasteiger partial charge in [-0.3, -0.25) is 4.90 Å². The van der Waals surface area contributed by atoms with Gasteiger partial charge in [0.15, 0.2) is 5.76 Å². The third-order valence-corrected chi connectivity index (χ3v) is 3.24. The average Bonchev–Trinajstić information content (AvgIpc) is 3.05. The predicted octanol–water partition coefficient (Wildman–Crippen LogP) is 4.00. The first kappa shape index (κ1) is 16.3. The van der Waals surface area contributed by atoms with Crippen LogP contribution < -0.4 is 0 Å². The number of furan rings is 1. The van der Waals surface area contributed by atoms with Crippen LogP contribution in [0.2, 0.25) is 0 Å². The van der Waals surface area contributed by atoms with E-state index in [9.17, 15) is 0 Å². The third kappa shape index (κ3) is 4.47. The Bertz CT molecular complexity index is 630. The van der Waals surface area contributed by atoms with Crippen molar-refractivity contribution in [2.24, 2.45) is 5.41 Å². The van der Waals surface area contributed by atoms with E-state index in [4.69, 9.17) is 14.1 Å². The van der Waals surface area contributed by atoms with Crippen molar-refractivity contribution < 1.29 is 8.83 Å². The van der Waals surface area contributed by atoms with E-state index in [0.717, 1.165) is 24.5 Å². The predicted molar refractivity (Wildman–Crippen MR) is 83.9 cm³/mol. The van der Waals surface area contributed by atoms with E-state index in [1.807, 2.05) is 19.1 Å². The summed E-state index contributed by atoms with van der Waals surface area (Å²) in [5, 5.41) is 8.84. The molecule has 0 aliphatic rings. The van der Waals surface area contributed by atoms with E-state index in [1.165, 1.54) is 0 Å². The molecule has 118 valence electrons. The van der Waals surface area contributed by atoms with Crippen molar-refractivity contribution in [3.8, 4) is 17.7 Å². The number of hydrogen-bond donors (Lipinski definition) is 0. The number of nitriles is 1. The van der Waals surface area contributed by atoms with Crippen LogP contribution in [-0.2, 0) is 6.54 Å².